The van der Waals surface area contributed by atoms with Crippen LogP contribution in [-0.4, -0.2) is 6.04 Å². The molecule has 4 heteroatoms. The Morgan fingerprint density at radius 3 is 1.85 bits per heavy atom. The molecule has 2 rings (SSSR count). The number of nitrogens with one attached hydrogen (secondary N) is 1. The Morgan fingerprint density at radius 2 is 1.40 bits per heavy atom. The van der Waals surface area contributed by atoms with E-state index in [1.54, 1.807) is 12.1 Å². The van der Waals surface area contributed by atoms with Gasteiger partial charge in [-0.3, -0.25) is 0 Å². The summed E-state index contributed by atoms with van der Waals surface area (Å²) in [5.41, 5.74) is 1.45. The van der Waals surface area contributed by atoms with Crippen LogP contribution in [0.5, 0.6) is 0 Å². The van der Waals surface area contributed by atoms with E-state index in [0.29, 0.717) is 31.9 Å². The number of anilines is 1. The van der Waals surface area contributed by atoms with Crippen LogP contribution in [-0.2, 0) is 0 Å². The zero-order valence-corrected chi connectivity index (χ0v) is 14.8. The smallest absolute Gasteiger partial charge is 0.0722 e. The van der Waals surface area contributed by atoms with Crippen molar-refractivity contribution in [2.45, 2.75) is 53.0 Å². The van der Waals surface area contributed by atoms with Crippen molar-refractivity contribution in [3.05, 3.63) is 27.2 Å². The van der Waals surface area contributed by atoms with Gasteiger partial charge in [-0.25, -0.2) is 0 Å². The third kappa shape index (κ3) is 3.96. The molecule has 1 aromatic rings. The number of hydrogen-bond donors (Lipinski definition) is 1. The highest BCUT2D eigenvalue weighted by Crippen LogP contribution is 2.47. The number of benzene rings is 1. The van der Waals surface area contributed by atoms with Crippen molar-refractivity contribution in [3.8, 4) is 0 Å². The van der Waals surface area contributed by atoms with Gasteiger partial charge in [0.05, 0.1) is 15.7 Å². The zero-order chi connectivity index (χ0) is 15.1. The second-order valence-corrected chi connectivity index (χ2v) is 8.75. The van der Waals surface area contributed by atoms with Crippen molar-refractivity contribution in [1.29, 1.82) is 0 Å². The van der Waals surface area contributed by atoms with Crippen LogP contribution >= 0.6 is 34.8 Å². The molecule has 1 aliphatic carbocycles. The highest BCUT2D eigenvalue weighted by molar-refractivity contribution is 6.41. The maximum Gasteiger partial charge on any atom is 0.0722 e. The van der Waals surface area contributed by atoms with Crippen LogP contribution in [0.2, 0.25) is 15.1 Å². The molecule has 0 aliphatic heterocycles. The van der Waals surface area contributed by atoms with Gasteiger partial charge in [-0.15, -0.1) is 0 Å². The van der Waals surface area contributed by atoms with Crippen LogP contribution in [0.25, 0.3) is 0 Å². The van der Waals surface area contributed by atoms with Crippen LogP contribution in [0.1, 0.15) is 47.0 Å². The molecule has 0 amide bonds. The van der Waals surface area contributed by atoms with Crippen molar-refractivity contribution < 1.29 is 0 Å². The molecule has 0 radical (unpaired) electrons. The summed E-state index contributed by atoms with van der Waals surface area (Å²) < 4.78 is 0. The largest absolute Gasteiger partial charge is 0.380 e. The Hall–Kier alpha value is -0.110. The second-order valence-electron chi connectivity index (χ2n) is 7.50. The van der Waals surface area contributed by atoms with E-state index >= 15 is 0 Å². The lowest BCUT2D eigenvalue weighted by molar-refractivity contribution is 0.105. The maximum atomic E-state index is 6.26. The van der Waals surface area contributed by atoms with Gasteiger partial charge in [0.25, 0.3) is 0 Å². The monoisotopic (exact) mass is 333 g/mol. The lowest BCUT2D eigenvalue weighted by atomic mass is 9.63. The van der Waals surface area contributed by atoms with Crippen molar-refractivity contribution in [2.75, 3.05) is 5.32 Å². The average molecular weight is 335 g/mol. The standard InChI is InChI=1S/C16H22Cl3N/c1-15(2)7-11(8-16(3,4)9-15)20-14-12(18)5-10(17)6-13(14)19/h5-6,11,20H,7-9H2,1-4H3. The summed E-state index contributed by atoms with van der Waals surface area (Å²) >= 11 is 18.5. The molecule has 0 saturated heterocycles. The Balaban J connectivity index is 2.22. The van der Waals surface area contributed by atoms with Crippen LogP contribution in [0.15, 0.2) is 12.1 Å². The molecule has 0 spiro atoms. The number of hydrogen-bond acceptors (Lipinski definition) is 1. The average Bonchev–Trinajstić information content (AvgIpc) is 2.18. The highest BCUT2D eigenvalue weighted by atomic mass is 35.5. The Labute approximate surface area is 137 Å². The highest BCUT2D eigenvalue weighted by Gasteiger charge is 2.38. The molecule has 0 heterocycles. The number of rotatable bonds is 2. The minimum absolute atomic E-state index is 0.324. The first-order chi connectivity index (χ1) is 9.08. The predicted molar refractivity (Wildman–Crippen MR) is 90.3 cm³/mol. The lowest BCUT2D eigenvalue weighted by Crippen LogP contribution is -2.40. The Morgan fingerprint density at radius 1 is 0.950 bits per heavy atom. The molecule has 112 valence electrons. The van der Waals surface area contributed by atoms with Gasteiger partial charge in [0.15, 0.2) is 0 Å². The molecule has 1 aliphatic rings. The summed E-state index contributed by atoms with van der Waals surface area (Å²) in [6.07, 6.45) is 3.47. The van der Waals surface area contributed by atoms with E-state index in [1.165, 1.54) is 6.42 Å². The topological polar surface area (TPSA) is 12.0 Å². The van der Waals surface area contributed by atoms with E-state index in [-0.39, 0.29) is 0 Å². The Bertz CT molecular complexity index is 469. The van der Waals surface area contributed by atoms with Crippen LogP contribution in [0, 0.1) is 10.8 Å². The molecule has 0 unspecified atom stereocenters. The molecular weight excluding hydrogens is 313 g/mol. The van der Waals surface area contributed by atoms with Gasteiger partial charge in [0.1, 0.15) is 0 Å². The molecule has 20 heavy (non-hydrogen) atoms. The first-order valence-electron chi connectivity index (χ1n) is 6.99. The van der Waals surface area contributed by atoms with Crippen molar-refractivity contribution in [2.24, 2.45) is 10.8 Å². The molecule has 0 atom stereocenters. The quantitative estimate of drug-likeness (QED) is 0.637. The molecule has 1 nitrogen and oxygen atoms in total. The summed E-state index contributed by atoms with van der Waals surface area (Å²) in [5.74, 6) is 0. The normalized spacial score (nSPS) is 21.8. The summed E-state index contributed by atoms with van der Waals surface area (Å²) in [5, 5.41) is 5.27. The van der Waals surface area contributed by atoms with Crippen LogP contribution in [0.4, 0.5) is 5.69 Å². The second kappa shape index (κ2) is 5.59. The summed E-state index contributed by atoms with van der Waals surface area (Å²) in [6.45, 7) is 9.31. The van der Waals surface area contributed by atoms with Gasteiger partial charge in [-0.2, -0.15) is 0 Å². The molecular formula is C16H22Cl3N. The maximum absolute atomic E-state index is 6.26. The third-order valence-corrected chi connectivity index (χ3v) is 4.72. The molecule has 1 fully saturated rings. The fourth-order valence-electron chi connectivity index (χ4n) is 3.83. The molecule has 0 aromatic heterocycles. The molecule has 1 aromatic carbocycles. The van der Waals surface area contributed by atoms with E-state index < -0.39 is 0 Å². The van der Waals surface area contributed by atoms with E-state index in [4.69, 9.17) is 34.8 Å². The number of halogens is 3. The van der Waals surface area contributed by atoms with E-state index in [9.17, 15) is 0 Å². The summed E-state index contributed by atoms with van der Waals surface area (Å²) in [7, 11) is 0. The van der Waals surface area contributed by atoms with Crippen LogP contribution < -0.4 is 5.32 Å². The Kier molecular flexibility index (Phi) is 4.54. The van der Waals surface area contributed by atoms with E-state index in [1.807, 2.05) is 0 Å². The van der Waals surface area contributed by atoms with Gasteiger partial charge >= 0.3 is 0 Å². The SMILES string of the molecule is CC1(C)CC(Nc2c(Cl)cc(Cl)cc2Cl)CC(C)(C)C1. The molecule has 1 N–H and O–H groups in total. The van der Waals surface area contributed by atoms with Gasteiger partial charge in [0, 0.05) is 11.1 Å². The summed E-state index contributed by atoms with van der Waals surface area (Å²) in [6, 6.07) is 3.84. The minimum Gasteiger partial charge on any atom is -0.380 e. The fourth-order valence-corrected chi connectivity index (χ4v) is 4.76. The van der Waals surface area contributed by atoms with Crippen molar-refractivity contribution in [1.82, 2.24) is 0 Å². The lowest BCUT2D eigenvalue weighted by Gasteiger charge is -2.45. The third-order valence-electron chi connectivity index (χ3n) is 3.91. The van der Waals surface area contributed by atoms with E-state index in [0.717, 1.165) is 18.5 Å². The van der Waals surface area contributed by atoms with Gasteiger partial charge in [0.2, 0.25) is 0 Å². The van der Waals surface area contributed by atoms with Crippen molar-refractivity contribution in [3.63, 3.8) is 0 Å². The van der Waals surface area contributed by atoms with Gasteiger partial charge < -0.3 is 5.32 Å². The zero-order valence-electron chi connectivity index (χ0n) is 12.5. The van der Waals surface area contributed by atoms with Gasteiger partial charge in [-0.05, 0) is 42.2 Å². The molecule has 1 saturated carbocycles. The first kappa shape index (κ1) is 16.3. The molecule has 0 bridgehead atoms. The van der Waals surface area contributed by atoms with E-state index in [2.05, 4.69) is 33.0 Å². The van der Waals surface area contributed by atoms with Crippen molar-refractivity contribution >= 4 is 40.5 Å². The van der Waals surface area contributed by atoms with Crippen LogP contribution in [0.3, 0.4) is 0 Å². The predicted octanol–water partition coefficient (Wildman–Crippen LogP) is 6.66. The van der Waals surface area contributed by atoms with Gasteiger partial charge in [-0.1, -0.05) is 62.5 Å². The minimum atomic E-state index is 0.324. The first-order valence-corrected chi connectivity index (χ1v) is 8.12. The summed E-state index contributed by atoms with van der Waals surface area (Å²) in [4.78, 5) is 0. The fraction of sp³-hybridized carbons (Fsp3) is 0.625.